The molecule has 1 heterocycles. The lowest BCUT2D eigenvalue weighted by Gasteiger charge is -2.25. The van der Waals surface area contributed by atoms with Crippen LogP contribution in [0.3, 0.4) is 0 Å². The molecule has 0 saturated carbocycles. The van der Waals surface area contributed by atoms with Crippen molar-refractivity contribution in [1.82, 2.24) is 9.47 Å². The van der Waals surface area contributed by atoms with Gasteiger partial charge in [0.25, 0.3) is 6.33 Å². The van der Waals surface area contributed by atoms with E-state index < -0.39 is 0 Å². The summed E-state index contributed by atoms with van der Waals surface area (Å²) in [5.74, 6) is 0. The van der Waals surface area contributed by atoms with Gasteiger partial charge in [0, 0.05) is 19.7 Å². The van der Waals surface area contributed by atoms with E-state index in [1.54, 1.807) is 24.2 Å². The fourth-order valence-corrected chi connectivity index (χ4v) is 1.63. The molecule has 1 aromatic rings. The van der Waals surface area contributed by atoms with Crippen molar-refractivity contribution in [1.29, 1.82) is 0 Å². The molecule has 0 saturated heterocycles. The molecule has 0 spiro atoms. The molecular formula is C12H22IN3O2. The number of methoxy groups -OCH3 is 1. The number of rotatable bonds is 5. The Morgan fingerprint density at radius 3 is 2.67 bits per heavy atom. The summed E-state index contributed by atoms with van der Waals surface area (Å²) in [6, 6.07) is 0.211. The summed E-state index contributed by atoms with van der Waals surface area (Å²) in [7, 11) is 3.54. The van der Waals surface area contributed by atoms with Crippen molar-refractivity contribution in [3.63, 3.8) is 0 Å². The molecule has 1 amide bonds. The van der Waals surface area contributed by atoms with E-state index >= 15 is 0 Å². The predicted octanol–water partition coefficient (Wildman–Crippen LogP) is -1.97. The van der Waals surface area contributed by atoms with E-state index in [4.69, 9.17) is 4.74 Å². The van der Waals surface area contributed by atoms with Crippen molar-refractivity contribution >= 4 is 6.03 Å². The third kappa shape index (κ3) is 4.56. The monoisotopic (exact) mass is 367 g/mol. The second-order valence-electron chi connectivity index (χ2n) is 4.21. The molecule has 0 bridgehead atoms. The van der Waals surface area contributed by atoms with E-state index in [0.29, 0.717) is 13.2 Å². The molecule has 0 N–H and O–H groups in total. The van der Waals surface area contributed by atoms with Crippen molar-refractivity contribution < 1.29 is 38.1 Å². The summed E-state index contributed by atoms with van der Waals surface area (Å²) < 4.78 is 8.50. The number of hydrogen-bond acceptors (Lipinski definition) is 2. The van der Waals surface area contributed by atoms with Gasteiger partial charge in [-0.05, 0) is 13.3 Å². The fourth-order valence-electron chi connectivity index (χ4n) is 1.63. The number of carbonyl (C=O) groups is 1. The number of ether oxygens (including phenoxy) is 1. The van der Waals surface area contributed by atoms with E-state index in [1.807, 2.05) is 22.7 Å². The van der Waals surface area contributed by atoms with Crippen molar-refractivity contribution in [2.45, 2.75) is 26.3 Å². The smallest absolute Gasteiger partial charge is 0.416 e. The van der Waals surface area contributed by atoms with E-state index in [-0.39, 0.29) is 36.0 Å². The third-order valence-corrected chi connectivity index (χ3v) is 2.89. The standard InChI is InChI=1S/C12H22N3O2.HI/c1-5-11(2)15(8-9-17-4)12(16)14-7-6-13(3)10-14;/h6-7,10-11H,5,8-9H2,1-4H3;1H/q+1;/p-1. The van der Waals surface area contributed by atoms with Crippen LogP contribution in [0.15, 0.2) is 18.7 Å². The van der Waals surface area contributed by atoms with Gasteiger partial charge in [-0.2, -0.15) is 4.57 Å². The third-order valence-electron chi connectivity index (χ3n) is 2.89. The molecule has 18 heavy (non-hydrogen) atoms. The first kappa shape index (κ1) is 17.4. The number of carbonyl (C=O) groups excluding carboxylic acids is 1. The Kier molecular flexibility index (Phi) is 8.17. The molecule has 6 heteroatoms. The van der Waals surface area contributed by atoms with Crippen LogP contribution in [-0.4, -0.2) is 41.8 Å². The molecule has 104 valence electrons. The molecule has 0 fully saturated rings. The topological polar surface area (TPSA) is 38.4 Å². The SMILES string of the molecule is CCC(C)N(CCOC)C(=O)n1cc[n+](C)c1.[I-]. The van der Waals surface area contributed by atoms with Crippen LogP contribution >= 0.6 is 0 Å². The summed E-state index contributed by atoms with van der Waals surface area (Å²) in [6.07, 6.45) is 6.32. The van der Waals surface area contributed by atoms with Gasteiger partial charge in [0.05, 0.1) is 13.7 Å². The number of aromatic nitrogens is 2. The number of amides is 1. The highest BCUT2D eigenvalue weighted by atomic mass is 127. The average molecular weight is 367 g/mol. The normalized spacial score (nSPS) is 11.8. The lowest BCUT2D eigenvalue weighted by molar-refractivity contribution is -0.670. The first-order chi connectivity index (χ1) is 8.10. The van der Waals surface area contributed by atoms with Crippen LogP contribution in [-0.2, 0) is 11.8 Å². The highest BCUT2D eigenvalue weighted by Gasteiger charge is 2.24. The molecule has 5 nitrogen and oxygen atoms in total. The van der Waals surface area contributed by atoms with Gasteiger partial charge in [0.1, 0.15) is 12.4 Å². The maximum Gasteiger partial charge on any atom is 0.416 e. The van der Waals surface area contributed by atoms with Crippen LogP contribution in [0.1, 0.15) is 20.3 Å². The Labute approximate surface area is 126 Å². The van der Waals surface area contributed by atoms with Gasteiger partial charge in [-0.15, -0.1) is 0 Å². The van der Waals surface area contributed by atoms with Gasteiger partial charge in [-0.3, -0.25) is 4.90 Å². The lowest BCUT2D eigenvalue weighted by atomic mass is 10.2. The zero-order valence-electron chi connectivity index (χ0n) is 11.5. The lowest BCUT2D eigenvalue weighted by Crippen LogP contribution is -3.00. The van der Waals surface area contributed by atoms with Crippen molar-refractivity contribution in [3.05, 3.63) is 18.7 Å². The number of imidazole rings is 1. The van der Waals surface area contributed by atoms with E-state index in [2.05, 4.69) is 13.8 Å². The Balaban J connectivity index is 0.00000289. The predicted molar refractivity (Wildman–Crippen MR) is 64.7 cm³/mol. The maximum absolute atomic E-state index is 12.3. The van der Waals surface area contributed by atoms with Crippen LogP contribution in [0.2, 0.25) is 0 Å². The number of halogens is 1. The Bertz CT molecular complexity index is 368. The van der Waals surface area contributed by atoms with Gasteiger partial charge in [0.15, 0.2) is 0 Å². The second-order valence-corrected chi connectivity index (χ2v) is 4.21. The average Bonchev–Trinajstić information content (AvgIpc) is 2.75. The zero-order chi connectivity index (χ0) is 12.8. The highest BCUT2D eigenvalue weighted by Crippen LogP contribution is 2.06. The Morgan fingerprint density at radius 1 is 1.56 bits per heavy atom. The number of nitrogens with zero attached hydrogens (tertiary/aromatic N) is 3. The highest BCUT2D eigenvalue weighted by molar-refractivity contribution is 5.76. The van der Waals surface area contributed by atoms with Crippen LogP contribution in [0.4, 0.5) is 4.79 Å². The van der Waals surface area contributed by atoms with E-state index in [0.717, 1.165) is 6.42 Å². The van der Waals surface area contributed by atoms with Crippen molar-refractivity contribution in [2.75, 3.05) is 20.3 Å². The van der Waals surface area contributed by atoms with Gasteiger partial charge in [0.2, 0.25) is 0 Å². The minimum absolute atomic E-state index is 0. The minimum Gasteiger partial charge on any atom is -1.00 e. The van der Waals surface area contributed by atoms with Gasteiger partial charge < -0.3 is 28.7 Å². The molecule has 0 aliphatic carbocycles. The van der Waals surface area contributed by atoms with Crippen LogP contribution in [0.5, 0.6) is 0 Å². The summed E-state index contributed by atoms with van der Waals surface area (Å²) in [5.41, 5.74) is 0. The molecule has 0 radical (unpaired) electrons. The van der Waals surface area contributed by atoms with Gasteiger partial charge in [-0.1, -0.05) is 6.92 Å². The van der Waals surface area contributed by atoms with Crippen molar-refractivity contribution in [2.24, 2.45) is 7.05 Å². The maximum atomic E-state index is 12.3. The number of aryl methyl sites for hydroxylation is 1. The molecule has 1 unspecified atom stereocenters. The van der Waals surface area contributed by atoms with Crippen LogP contribution in [0, 0.1) is 0 Å². The Hall–Kier alpha value is -0.630. The van der Waals surface area contributed by atoms with Crippen molar-refractivity contribution in [3.8, 4) is 0 Å². The van der Waals surface area contributed by atoms with Gasteiger partial charge >= 0.3 is 6.03 Å². The molecular weight excluding hydrogens is 345 g/mol. The largest absolute Gasteiger partial charge is 1.00 e. The summed E-state index contributed by atoms with van der Waals surface area (Å²) in [5, 5.41) is 0. The molecule has 1 rings (SSSR count). The molecule has 0 aliphatic heterocycles. The van der Waals surface area contributed by atoms with E-state index in [1.165, 1.54) is 0 Å². The zero-order valence-corrected chi connectivity index (χ0v) is 13.6. The summed E-state index contributed by atoms with van der Waals surface area (Å²) >= 11 is 0. The Morgan fingerprint density at radius 2 is 2.22 bits per heavy atom. The summed E-state index contributed by atoms with van der Waals surface area (Å²) in [6.45, 7) is 5.31. The quantitative estimate of drug-likeness (QED) is 0.448. The first-order valence-corrected chi connectivity index (χ1v) is 5.93. The number of hydrogen-bond donors (Lipinski definition) is 0. The van der Waals surface area contributed by atoms with Crippen LogP contribution < -0.4 is 28.5 Å². The van der Waals surface area contributed by atoms with Gasteiger partial charge in [-0.25, -0.2) is 9.36 Å². The first-order valence-electron chi connectivity index (χ1n) is 5.93. The minimum atomic E-state index is -0.00278. The molecule has 0 aliphatic rings. The second kappa shape index (κ2) is 8.47. The van der Waals surface area contributed by atoms with Crippen LogP contribution in [0.25, 0.3) is 0 Å². The molecule has 1 atom stereocenters. The molecule has 1 aromatic heterocycles. The fraction of sp³-hybridized carbons (Fsp3) is 0.667. The van der Waals surface area contributed by atoms with E-state index in [9.17, 15) is 4.79 Å². The molecule has 0 aromatic carbocycles. The summed E-state index contributed by atoms with van der Waals surface area (Å²) in [4.78, 5) is 14.1.